The van der Waals surface area contributed by atoms with Gasteiger partial charge in [-0.25, -0.2) is 0 Å². The summed E-state index contributed by atoms with van der Waals surface area (Å²) in [5.41, 5.74) is -0.846. The second-order valence-corrected chi connectivity index (χ2v) is 4.21. The summed E-state index contributed by atoms with van der Waals surface area (Å²) in [5, 5.41) is 12.3. The fraction of sp³-hybridized carbons (Fsp3) is 0.889. The average molecular weight is 221 g/mol. The van der Waals surface area contributed by atoms with Gasteiger partial charge in [-0.1, -0.05) is 0 Å². The Labute approximate surface area is 89.4 Å². The van der Waals surface area contributed by atoms with Crippen molar-refractivity contribution in [3.8, 4) is 0 Å². The van der Waals surface area contributed by atoms with Gasteiger partial charge in [-0.2, -0.15) is 11.8 Å². The van der Waals surface area contributed by atoms with Gasteiger partial charge in [0.1, 0.15) is 6.61 Å². The summed E-state index contributed by atoms with van der Waals surface area (Å²) in [5.74, 6) is 0.412. The van der Waals surface area contributed by atoms with Crippen molar-refractivity contribution in [1.82, 2.24) is 5.32 Å². The number of carbonyl (C=O) groups excluding carboxylic acids is 1. The van der Waals surface area contributed by atoms with Crippen LogP contribution in [0.5, 0.6) is 0 Å². The van der Waals surface area contributed by atoms with Gasteiger partial charge >= 0.3 is 0 Å². The van der Waals surface area contributed by atoms with Crippen LogP contribution >= 0.6 is 11.8 Å². The Balaban J connectivity index is 3.64. The molecule has 0 saturated heterocycles. The second kappa shape index (κ2) is 7.09. The predicted octanol–water partition coefficient (Wildman–Crippen LogP) is 0.253. The smallest absolute Gasteiger partial charge is 0.246 e. The van der Waals surface area contributed by atoms with Gasteiger partial charge in [-0.05, 0) is 20.1 Å². The number of hydrogen-bond acceptors (Lipinski definition) is 4. The van der Waals surface area contributed by atoms with Crippen molar-refractivity contribution in [3.05, 3.63) is 0 Å². The highest BCUT2D eigenvalue weighted by Gasteiger charge is 2.20. The molecule has 5 heteroatoms. The van der Waals surface area contributed by atoms with E-state index in [1.807, 2.05) is 13.2 Å². The molecule has 0 bridgehead atoms. The Bertz CT molecular complexity index is 173. The van der Waals surface area contributed by atoms with Gasteiger partial charge in [-0.3, -0.25) is 4.79 Å². The molecule has 0 fully saturated rings. The standard InChI is InChI=1S/C9H19NO3S/c1-4-13-5-8(11)10-6-9(2,12)7-14-3/h12H,4-7H2,1-3H3,(H,10,11)/t9-/m0/s1. The Hall–Kier alpha value is -0.260. The van der Waals surface area contributed by atoms with Crippen LogP contribution in [0.1, 0.15) is 13.8 Å². The van der Waals surface area contributed by atoms with Crippen LogP contribution in [0.4, 0.5) is 0 Å². The lowest BCUT2D eigenvalue weighted by molar-refractivity contribution is -0.126. The summed E-state index contributed by atoms with van der Waals surface area (Å²) < 4.78 is 4.92. The molecule has 4 nitrogen and oxygen atoms in total. The van der Waals surface area contributed by atoms with Crippen LogP contribution in [-0.2, 0) is 9.53 Å². The van der Waals surface area contributed by atoms with E-state index in [0.717, 1.165) is 0 Å². The van der Waals surface area contributed by atoms with E-state index in [-0.39, 0.29) is 19.1 Å². The lowest BCUT2D eigenvalue weighted by atomic mass is 10.1. The third kappa shape index (κ3) is 7.17. The molecule has 0 aliphatic rings. The zero-order chi connectivity index (χ0) is 11.0. The number of amides is 1. The molecule has 0 aliphatic heterocycles. The molecule has 0 aromatic rings. The van der Waals surface area contributed by atoms with Crippen LogP contribution < -0.4 is 5.32 Å². The Morgan fingerprint density at radius 2 is 2.29 bits per heavy atom. The van der Waals surface area contributed by atoms with Gasteiger partial charge in [0, 0.05) is 18.9 Å². The molecular formula is C9H19NO3S. The number of thioether (sulfide) groups is 1. The second-order valence-electron chi connectivity index (χ2n) is 3.34. The zero-order valence-corrected chi connectivity index (χ0v) is 9.82. The fourth-order valence-corrected chi connectivity index (χ4v) is 1.62. The summed E-state index contributed by atoms with van der Waals surface area (Å²) in [7, 11) is 0. The highest BCUT2D eigenvalue weighted by molar-refractivity contribution is 7.98. The van der Waals surface area contributed by atoms with Crippen molar-refractivity contribution in [2.45, 2.75) is 19.4 Å². The van der Waals surface area contributed by atoms with Crippen LogP contribution in [0.3, 0.4) is 0 Å². The van der Waals surface area contributed by atoms with Crippen molar-refractivity contribution in [3.63, 3.8) is 0 Å². The minimum atomic E-state index is -0.846. The van der Waals surface area contributed by atoms with E-state index < -0.39 is 5.60 Å². The van der Waals surface area contributed by atoms with Crippen molar-refractivity contribution in [2.24, 2.45) is 0 Å². The highest BCUT2D eigenvalue weighted by atomic mass is 32.2. The van der Waals surface area contributed by atoms with Crippen molar-refractivity contribution in [2.75, 3.05) is 31.8 Å². The van der Waals surface area contributed by atoms with Gasteiger partial charge in [0.2, 0.25) is 5.91 Å². The SMILES string of the molecule is CCOCC(=O)NC[C@](C)(O)CSC. The van der Waals surface area contributed by atoms with E-state index in [1.54, 1.807) is 18.7 Å². The molecule has 0 radical (unpaired) electrons. The number of nitrogens with one attached hydrogen (secondary N) is 1. The molecule has 0 spiro atoms. The lowest BCUT2D eigenvalue weighted by Crippen LogP contribution is -2.43. The number of hydrogen-bond donors (Lipinski definition) is 2. The Morgan fingerprint density at radius 1 is 1.64 bits per heavy atom. The molecule has 0 unspecified atom stereocenters. The largest absolute Gasteiger partial charge is 0.387 e. The number of ether oxygens (including phenoxy) is 1. The molecule has 0 aliphatic carbocycles. The molecule has 0 aromatic heterocycles. The molecule has 2 N–H and O–H groups in total. The summed E-state index contributed by atoms with van der Waals surface area (Å²) >= 11 is 1.55. The Morgan fingerprint density at radius 3 is 2.79 bits per heavy atom. The summed E-state index contributed by atoms with van der Waals surface area (Å²) in [6, 6.07) is 0. The maximum Gasteiger partial charge on any atom is 0.246 e. The molecule has 0 saturated carbocycles. The molecule has 1 amide bonds. The first kappa shape index (κ1) is 13.7. The van der Waals surface area contributed by atoms with Gasteiger partial charge < -0.3 is 15.2 Å². The van der Waals surface area contributed by atoms with Crippen molar-refractivity contribution < 1.29 is 14.6 Å². The van der Waals surface area contributed by atoms with Crippen LogP contribution in [0.2, 0.25) is 0 Å². The minimum absolute atomic E-state index is 0.0614. The van der Waals surface area contributed by atoms with Crippen LogP contribution in [-0.4, -0.2) is 48.4 Å². The van der Waals surface area contributed by atoms with Crippen molar-refractivity contribution >= 4 is 17.7 Å². The highest BCUT2D eigenvalue weighted by Crippen LogP contribution is 2.08. The van der Waals surface area contributed by atoms with Gasteiger partial charge in [-0.15, -0.1) is 0 Å². The molecule has 84 valence electrons. The summed E-state index contributed by atoms with van der Waals surface area (Å²) in [4.78, 5) is 11.1. The molecule has 0 aromatic carbocycles. The van der Waals surface area contributed by atoms with Gasteiger partial charge in [0.25, 0.3) is 0 Å². The maximum atomic E-state index is 11.1. The third-order valence-corrected chi connectivity index (χ3v) is 2.47. The molecule has 0 heterocycles. The van der Waals surface area contributed by atoms with E-state index in [2.05, 4.69) is 5.32 Å². The lowest BCUT2D eigenvalue weighted by Gasteiger charge is -2.22. The van der Waals surface area contributed by atoms with Crippen LogP contribution in [0.25, 0.3) is 0 Å². The Kier molecular flexibility index (Phi) is 6.96. The normalized spacial score (nSPS) is 14.9. The predicted molar refractivity (Wildman–Crippen MR) is 58.5 cm³/mol. The summed E-state index contributed by atoms with van der Waals surface area (Å²) in [6.45, 7) is 4.38. The summed E-state index contributed by atoms with van der Waals surface area (Å²) in [6.07, 6.45) is 1.91. The number of carbonyl (C=O) groups is 1. The average Bonchev–Trinajstić information content (AvgIpc) is 2.11. The zero-order valence-electron chi connectivity index (χ0n) is 9.00. The molecule has 14 heavy (non-hydrogen) atoms. The van der Waals surface area contributed by atoms with Crippen molar-refractivity contribution in [1.29, 1.82) is 0 Å². The maximum absolute atomic E-state index is 11.1. The third-order valence-electron chi connectivity index (χ3n) is 1.56. The first-order chi connectivity index (χ1) is 6.52. The van der Waals surface area contributed by atoms with E-state index in [4.69, 9.17) is 4.74 Å². The van der Waals surface area contributed by atoms with E-state index in [0.29, 0.717) is 12.4 Å². The number of rotatable bonds is 7. The molecular weight excluding hydrogens is 202 g/mol. The monoisotopic (exact) mass is 221 g/mol. The van der Waals surface area contributed by atoms with Crippen LogP contribution in [0.15, 0.2) is 0 Å². The molecule has 0 rings (SSSR count). The van der Waals surface area contributed by atoms with E-state index in [9.17, 15) is 9.90 Å². The van der Waals surface area contributed by atoms with E-state index in [1.165, 1.54) is 0 Å². The first-order valence-corrected chi connectivity index (χ1v) is 5.97. The fourth-order valence-electron chi connectivity index (χ4n) is 0.897. The van der Waals surface area contributed by atoms with Crippen LogP contribution in [0, 0.1) is 0 Å². The molecule has 1 atom stereocenters. The van der Waals surface area contributed by atoms with Gasteiger partial charge in [0.15, 0.2) is 0 Å². The first-order valence-electron chi connectivity index (χ1n) is 4.57. The minimum Gasteiger partial charge on any atom is -0.387 e. The number of aliphatic hydroxyl groups is 1. The quantitative estimate of drug-likeness (QED) is 0.647. The van der Waals surface area contributed by atoms with Gasteiger partial charge in [0.05, 0.1) is 5.60 Å². The van der Waals surface area contributed by atoms with E-state index >= 15 is 0 Å². The topological polar surface area (TPSA) is 58.6 Å².